The molecule has 0 fully saturated rings. The van der Waals surface area contributed by atoms with Crippen molar-refractivity contribution in [2.75, 3.05) is 0 Å². The molecule has 0 N–H and O–H groups in total. The van der Waals surface area contributed by atoms with Crippen molar-refractivity contribution in [2.45, 2.75) is 25.1 Å². The SMILES string of the molecule is CC[Se]C(=O)CCc1ccccc1. The van der Waals surface area contributed by atoms with Crippen LogP contribution in [0.3, 0.4) is 0 Å². The van der Waals surface area contributed by atoms with E-state index in [1.54, 1.807) is 0 Å². The topological polar surface area (TPSA) is 17.1 Å². The van der Waals surface area contributed by atoms with E-state index in [1.807, 2.05) is 18.2 Å². The molecule has 0 amide bonds. The second-order valence-electron chi connectivity index (χ2n) is 2.79. The van der Waals surface area contributed by atoms with Crippen LogP contribution in [0.15, 0.2) is 30.3 Å². The Morgan fingerprint density at radius 1 is 1.31 bits per heavy atom. The Bertz CT molecular complexity index is 256. The summed E-state index contributed by atoms with van der Waals surface area (Å²) in [6, 6.07) is 10.2. The molecular weight excluding hydrogens is 227 g/mol. The molecule has 0 aliphatic heterocycles. The van der Waals surface area contributed by atoms with E-state index >= 15 is 0 Å². The molecular formula is C11H14OSe. The second kappa shape index (κ2) is 5.95. The fourth-order valence-corrected chi connectivity index (χ4v) is 2.32. The van der Waals surface area contributed by atoms with Crippen LogP contribution in [0, 0.1) is 0 Å². The number of carbonyl (C=O) groups excluding carboxylic acids is 1. The van der Waals surface area contributed by atoms with Gasteiger partial charge in [0.05, 0.1) is 0 Å². The van der Waals surface area contributed by atoms with Crippen molar-refractivity contribution >= 4 is 19.6 Å². The summed E-state index contributed by atoms with van der Waals surface area (Å²) in [4.78, 5) is 11.2. The third-order valence-electron chi connectivity index (χ3n) is 1.77. The molecule has 0 aliphatic rings. The summed E-state index contributed by atoms with van der Waals surface area (Å²) in [6.07, 6.45) is 1.62. The van der Waals surface area contributed by atoms with Gasteiger partial charge in [-0.05, 0) is 0 Å². The average Bonchev–Trinajstić information content (AvgIpc) is 2.17. The molecule has 1 nitrogen and oxygen atoms in total. The molecule has 1 rings (SSSR count). The van der Waals surface area contributed by atoms with E-state index in [1.165, 1.54) is 5.56 Å². The molecule has 0 atom stereocenters. The molecule has 0 aromatic heterocycles. The summed E-state index contributed by atoms with van der Waals surface area (Å²) < 4.78 is 0.443. The maximum absolute atomic E-state index is 11.2. The van der Waals surface area contributed by atoms with E-state index in [2.05, 4.69) is 19.1 Å². The molecule has 0 radical (unpaired) electrons. The van der Waals surface area contributed by atoms with Gasteiger partial charge in [0.1, 0.15) is 0 Å². The van der Waals surface area contributed by atoms with Crippen LogP contribution >= 0.6 is 0 Å². The average molecular weight is 241 g/mol. The number of hydrogen-bond acceptors (Lipinski definition) is 1. The molecule has 0 saturated heterocycles. The van der Waals surface area contributed by atoms with Crippen LogP contribution in [0.25, 0.3) is 0 Å². The fourth-order valence-electron chi connectivity index (χ4n) is 1.12. The number of hydrogen-bond donors (Lipinski definition) is 0. The quantitative estimate of drug-likeness (QED) is 0.723. The predicted molar refractivity (Wildman–Crippen MR) is 56.0 cm³/mol. The van der Waals surface area contributed by atoms with Gasteiger partial charge in [0.2, 0.25) is 0 Å². The van der Waals surface area contributed by atoms with Gasteiger partial charge in [-0.3, -0.25) is 0 Å². The van der Waals surface area contributed by atoms with E-state index in [9.17, 15) is 4.79 Å². The molecule has 2 heteroatoms. The van der Waals surface area contributed by atoms with Gasteiger partial charge in [0, 0.05) is 0 Å². The molecule has 1 aromatic rings. The Labute approximate surface area is 85.7 Å². The summed E-state index contributed by atoms with van der Waals surface area (Å²) in [5.41, 5.74) is 1.27. The van der Waals surface area contributed by atoms with Crippen molar-refractivity contribution in [1.82, 2.24) is 0 Å². The molecule has 0 aliphatic carbocycles. The van der Waals surface area contributed by atoms with Crippen LogP contribution in [0.1, 0.15) is 18.9 Å². The Kier molecular flexibility index (Phi) is 4.80. The van der Waals surface area contributed by atoms with Gasteiger partial charge in [-0.1, -0.05) is 0 Å². The summed E-state index contributed by atoms with van der Waals surface area (Å²) in [5, 5.41) is 1.03. The van der Waals surface area contributed by atoms with E-state index in [4.69, 9.17) is 0 Å². The Morgan fingerprint density at radius 3 is 2.62 bits per heavy atom. The van der Waals surface area contributed by atoms with E-state index in [-0.39, 0.29) is 15.0 Å². The first kappa shape index (κ1) is 10.5. The normalized spacial score (nSPS) is 9.92. The number of carbonyl (C=O) groups is 1. The zero-order valence-electron chi connectivity index (χ0n) is 7.82. The molecule has 13 heavy (non-hydrogen) atoms. The standard InChI is InChI=1S/C11H14OSe/c1-2-13-11(12)9-8-10-6-4-3-5-7-10/h3-7H,2,8-9H2,1H3. The minimum absolute atomic E-state index is 0.217. The molecule has 0 saturated carbocycles. The van der Waals surface area contributed by atoms with Gasteiger partial charge >= 0.3 is 85.4 Å². The first-order chi connectivity index (χ1) is 6.33. The first-order valence-corrected chi connectivity index (χ1v) is 6.59. The summed E-state index contributed by atoms with van der Waals surface area (Å²) in [6.45, 7) is 2.07. The van der Waals surface area contributed by atoms with Crippen molar-refractivity contribution in [3.8, 4) is 0 Å². The van der Waals surface area contributed by atoms with Crippen LogP contribution in [-0.4, -0.2) is 19.6 Å². The van der Waals surface area contributed by atoms with Crippen LogP contribution < -0.4 is 0 Å². The molecule has 70 valence electrons. The Morgan fingerprint density at radius 2 is 2.00 bits per heavy atom. The number of benzene rings is 1. The first-order valence-electron chi connectivity index (χ1n) is 4.52. The third kappa shape index (κ3) is 4.25. The van der Waals surface area contributed by atoms with Gasteiger partial charge in [-0.2, -0.15) is 0 Å². The minimum atomic E-state index is 0.217. The maximum atomic E-state index is 11.2. The zero-order valence-corrected chi connectivity index (χ0v) is 9.54. The molecule has 0 spiro atoms. The fraction of sp³-hybridized carbons (Fsp3) is 0.364. The third-order valence-corrected chi connectivity index (χ3v) is 3.48. The molecule has 1 aromatic carbocycles. The van der Waals surface area contributed by atoms with Gasteiger partial charge in [-0.15, -0.1) is 0 Å². The molecule has 0 unspecified atom stereocenters. The van der Waals surface area contributed by atoms with Crippen molar-refractivity contribution in [3.63, 3.8) is 0 Å². The Balaban J connectivity index is 2.31. The van der Waals surface area contributed by atoms with Crippen molar-refractivity contribution in [3.05, 3.63) is 35.9 Å². The van der Waals surface area contributed by atoms with Crippen LogP contribution in [0.2, 0.25) is 5.32 Å². The second-order valence-corrected chi connectivity index (χ2v) is 5.56. The van der Waals surface area contributed by atoms with E-state index in [0.717, 1.165) is 18.2 Å². The number of rotatable bonds is 5. The van der Waals surface area contributed by atoms with Gasteiger partial charge in [0.15, 0.2) is 0 Å². The van der Waals surface area contributed by atoms with E-state index < -0.39 is 0 Å². The van der Waals surface area contributed by atoms with Crippen LogP contribution in [0.4, 0.5) is 0 Å². The van der Waals surface area contributed by atoms with Crippen molar-refractivity contribution in [1.29, 1.82) is 0 Å². The van der Waals surface area contributed by atoms with Crippen LogP contribution in [0.5, 0.6) is 0 Å². The van der Waals surface area contributed by atoms with Gasteiger partial charge in [0.25, 0.3) is 0 Å². The van der Waals surface area contributed by atoms with Gasteiger partial charge in [-0.25, -0.2) is 0 Å². The zero-order chi connectivity index (χ0) is 9.52. The van der Waals surface area contributed by atoms with Crippen molar-refractivity contribution in [2.24, 2.45) is 0 Å². The number of aryl methyl sites for hydroxylation is 1. The van der Waals surface area contributed by atoms with Crippen molar-refractivity contribution < 1.29 is 4.79 Å². The van der Waals surface area contributed by atoms with E-state index in [0.29, 0.717) is 4.68 Å². The summed E-state index contributed by atoms with van der Waals surface area (Å²) >= 11 is 0.217. The summed E-state index contributed by atoms with van der Waals surface area (Å²) in [5.74, 6) is 0. The van der Waals surface area contributed by atoms with Crippen LogP contribution in [-0.2, 0) is 11.2 Å². The summed E-state index contributed by atoms with van der Waals surface area (Å²) in [7, 11) is 0. The molecule has 0 bridgehead atoms. The predicted octanol–water partition coefficient (Wildman–Crippen LogP) is 2.29. The molecule has 0 heterocycles. The monoisotopic (exact) mass is 242 g/mol. The Hall–Kier alpha value is -0.591. The van der Waals surface area contributed by atoms with Gasteiger partial charge < -0.3 is 0 Å².